The van der Waals surface area contributed by atoms with E-state index in [1.54, 1.807) is 25.1 Å². The van der Waals surface area contributed by atoms with Crippen molar-refractivity contribution < 1.29 is 14.3 Å². The third kappa shape index (κ3) is 5.54. The largest absolute Gasteiger partial charge is 0.494 e. The summed E-state index contributed by atoms with van der Waals surface area (Å²) in [7, 11) is 1.53. The molecule has 0 spiro atoms. The fourth-order valence-electron chi connectivity index (χ4n) is 2.45. The molecule has 0 bridgehead atoms. The number of ether oxygens (including phenoxy) is 2. The molecule has 0 aliphatic rings. The molecule has 1 rings (SSSR count). The van der Waals surface area contributed by atoms with Crippen molar-refractivity contribution in [1.29, 1.82) is 5.26 Å². The zero-order chi connectivity index (χ0) is 18.2. The number of carbonyl (C=O) groups is 1. The van der Waals surface area contributed by atoms with Gasteiger partial charge in [0.2, 0.25) is 0 Å². The minimum absolute atomic E-state index is 0.255. The molecule has 0 saturated carbocycles. The lowest BCUT2D eigenvalue weighted by Gasteiger charge is -2.28. The minimum atomic E-state index is -0.933. The summed E-state index contributed by atoms with van der Waals surface area (Å²) in [4.78, 5) is 12.6. The van der Waals surface area contributed by atoms with Gasteiger partial charge in [-0.3, -0.25) is 4.79 Å². The number of nitrogens with one attached hydrogen (secondary N) is 1. The SMILES string of the molecule is CCCCOc1ccc(NC(=O)[C@@](C)(CC(C)C)OC)c(C#N)c1. The molecular weight excluding hydrogens is 304 g/mol. The first kappa shape index (κ1) is 20.0. The van der Waals surface area contributed by atoms with Crippen LogP contribution in [-0.2, 0) is 9.53 Å². The van der Waals surface area contributed by atoms with E-state index in [2.05, 4.69) is 18.3 Å². The van der Waals surface area contributed by atoms with E-state index >= 15 is 0 Å². The fraction of sp³-hybridized carbons (Fsp3) is 0.579. The standard InChI is InChI=1S/C19H28N2O3/c1-6-7-10-24-16-8-9-17(15(11-16)13-20)21-18(22)19(4,23-5)12-14(2)3/h8-9,11,14H,6-7,10,12H2,1-5H3,(H,21,22)/t19-/m1/s1. The Balaban J connectivity index is 2.90. The van der Waals surface area contributed by atoms with Crippen LogP contribution in [0, 0.1) is 17.2 Å². The molecule has 5 nitrogen and oxygen atoms in total. The van der Waals surface area contributed by atoms with E-state index in [-0.39, 0.29) is 5.91 Å². The van der Waals surface area contributed by atoms with Gasteiger partial charge in [0, 0.05) is 7.11 Å². The molecule has 0 aliphatic heterocycles. The topological polar surface area (TPSA) is 71.3 Å². The molecule has 24 heavy (non-hydrogen) atoms. The zero-order valence-electron chi connectivity index (χ0n) is 15.3. The molecule has 0 radical (unpaired) electrons. The van der Waals surface area contributed by atoms with Gasteiger partial charge in [0.1, 0.15) is 17.4 Å². The van der Waals surface area contributed by atoms with Crippen molar-refractivity contribution in [2.24, 2.45) is 5.92 Å². The van der Waals surface area contributed by atoms with Gasteiger partial charge >= 0.3 is 0 Å². The van der Waals surface area contributed by atoms with Gasteiger partial charge in [0.15, 0.2) is 0 Å². The Morgan fingerprint density at radius 1 is 1.42 bits per heavy atom. The van der Waals surface area contributed by atoms with Crippen molar-refractivity contribution in [1.82, 2.24) is 0 Å². The molecule has 0 fully saturated rings. The minimum Gasteiger partial charge on any atom is -0.494 e. The van der Waals surface area contributed by atoms with Gasteiger partial charge in [-0.2, -0.15) is 5.26 Å². The predicted octanol–water partition coefficient (Wildman–Crippen LogP) is 4.13. The van der Waals surface area contributed by atoms with E-state index < -0.39 is 5.60 Å². The van der Waals surface area contributed by atoms with Crippen LogP contribution in [0.1, 0.15) is 52.5 Å². The quantitative estimate of drug-likeness (QED) is 0.690. The van der Waals surface area contributed by atoms with E-state index in [1.165, 1.54) is 7.11 Å². The highest BCUT2D eigenvalue weighted by molar-refractivity contribution is 5.98. The summed E-state index contributed by atoms with van der Waals surface area (Å²) >= 11 is 0. The number of hydrogen-bond donors (Lipinski definition) is 1. The highest BCUT2D eigenvalue weighted by Crippen LogP contribution is 2.26. The fourth-order valence-corrected chi connectivity index (χ4v) is 2.45. The predicted molar refractivity (Wildman–Crippen MR) is 95.1 cm³/mol. The summed E-state index contributed by atoms with van der Waals surface area (Å²) in [5.74, 6) is 0.690. The maximum Gasteiger partial charge on any atom is 0.256 e. The molecular formula is C19H28N2O3. The lowest BCUT2D eigenvalue weighted by atomic mass is 9.93. The summed E-state index contributed by atoms with van der Waals surface area (Å²) in [5.41, 5.74) is -0.0882. The number of benzene rings is 1. The number of methoxy groups -OCH3 is 1. The van der Waals surface area contributed by atoms with Crippen molar-refractivity contribution >= 4 is 11.6 Å². The number of rotatable bonds is 9. The average molecular weight is 332 g/mol. The molecule has 0 saturated heterocycles. The number of unbranched alkanes of at least 4 members (excludes halogenated alkanes) is 1. The van der Waals surface area contributed by atoms with Crippen LogP contribution in [0.15, 0.2) is 18.2 Å². The highest BCUT2D eigenvalue weighted by Gasteiger charge is 2.34. The van der Waals surface area contributed by atoms with Crippen molar-refractivity contribution in [2.75, 3.05) is 19.0 Å². The van der Waals surface area contributed by atoms with Crippen molar-refractivity contribution in [3.05, 3.63) is 23.8 Å². The maximum atomic E-state index is 12.6. The molecule has 1 amide bonds. The summed E-state index contributed by atoms with van der Waals surface area (Å²) in [5, 5.41) is 12.2. The van der Waals surface area contributed by atoms with E-state index in [4.69, 9.17) is 9.47 Å². The van der Waals surface area contributed by atoms with Crippen LogP contribution >= 0.6 is 0 Å². The van der Waals surface area contributed by atoms with Crippen LogP contribution in [-0.4, -0.2) is 25.2 Å². The number of nitriles is 1. The van der Waals surface area contributed by atoms with Gasteiger partial charge in [0.25, 0.3) is 5.91 Å². The van der Waals surface area contributed by atoms with Gasteiger partial charge in [0.05, 0.1) is 17.9 Å². The van der Waals surface area contributed by atoms with E-state index in [9.17, 15) is 10.1 Å². The molecule has 132 valence electrons. The Labute approximate surface area is 145 Å². The third-order valence-electron chi connectivity index (χ3n) is 3.85. The Hall–Kier alpha value is -2.06. The first-order valence-corrected chi connectivity index (χ1v) is 8.39. The van der Waals surface area contributed by atoms with Gasteiger partial charge in [-0.05, 0) is 43.9 Å². The normalized spacial score (nSPS) is 13.2. The second-order valence-corrected chi connectivity index (χ2v) is 6.51. The molecule has 1 N–H and O–H groups in total. The second kappa shape index (κ2) is 9.29. The molecule has 1 atom stereocenters. The van der Waals surface area contributed by atoms with E-state index in [1.807, 2.05) is 13.8 Å². The second-order valence-electron chi connectivity index (χ2n) is 6.51. The number of amides is 1. The van der Waals surface area contributed by atoms with Crippen LogP contribution < -0.4 is 10.1 Å². The summed E-state index contributed by atoms with van der Waals surface area (Å²) in [6, 6.07) is 7.22. The Morgan fingerprint density at radius 3 is 2.67 bits per heavy atom. The Bertz CT molecular complexity index is 593. The summed E-state index contributed by atoms with van der Waals surface area (Å²) < 4.78 is 11.0. The zero-order valence-corrected chi connectivity index (χ0v) is 15.3. The van der Waals surface area contributed by atoms with Crippen LogP contribution in [0.25, 0.3) is 0 Å². The van der Waals surface area contributed by atoms with Crippen molar-refractivity contribution in [3.8, 4) is 11.8 Å². The number of nitrogens with zero attached hydrogens (tertiary/aromatic N) is 1. The lowest BCUT2D eigenvalue weighted by molar-refractivity contribution is -0.137. The van der Waals surface area contributed by atoms with E-state index in [0.717, 1.165) is 12.8 Å². The number of carbonyl (C=O) groups excluding carboxylic acids is 1. The average Bonchev–Trinajstić information content (AvgIpc) is 2.55. The molecule has 0 aromatic heterocycles. The van der Waals surface area contributed by atoms with Gasteiger partial charge in [-0.25, -0.2) is 0 Å². The van der Waals surface area contributed by atoms with Crippen LogP contribution in [0.4, 0.5) is 5.69 Å². The number of hydrogen-bond acceptors (Lipinski definition) is 4. The lowest BCUT2D eigenvalue weighted by Crippen LogP contribution is -2.43. The smallest absolute Gasteiger partial charge is 0.256 e. The van der Waals surface area contributed by atoms with Crippen molar-refractivity contribution in [2.45, 2.75) is 52.6 Å². The van der Waals surface area contributed by atoms with Gasteiger partial charge < -0.3 is 14.8 Å². The van der Waals surface area contributed by atoms with Crippen LogP contribution in [0.5, 0.6) is 5.75 Å². The maximum absolute atomic E-state index is 12.6. The molecule has 0 aliphatic carbocycles. The Morgan fingerprint density at radius 2 is 2.12 bits per heavy atom. The Kier molecular flexibility index (Phi) is 7.73. The molecule has 1 aromatic carbocycles. The summed E-state index contributed by atoms with van der Waals surface area (Å²) in [6.07, 6.45) is 2.60. The van der Waals surface area contributed by atoms with Crippen molar-refractivity contribution in [3.63, 3.8) is 0 Å². The van der Waals surface area contributed by atoms with Crippen LogP contribution in [0.3, 0.4) is 0 Å². The molecule has 5 heteroatoms. The molecule has 1 aromatic rings. The first-order chi connectivity index (χ1) is 11.4. The van der Waals surface area contributed by atoms with Gasteiger partial charge in [-0.1, -0.05) is 27.2 Å². The first-order valence-electron chi connectivity index (χ1n) is 8.39. The van der Waals surface area contributed by atoms with Crippen LogP contribution in [0.2, 0.25) is 0 Å². The van der Waals surface area contributed by atoms with Gasteiger partial charge in [-0.15, -0.1) is 0 Å². The van der Waals surface area contributed by atoms with E-state index in [0.29, 0.717) is 35.9 Å². The highest BCUT2D eigenvalue weighted by atomic mass is 16.5. The summed E-state index contributed by atoms with van der Waals surface area (Å²) in [6.45, 7) is 8.54. The molecule has 0 unspecified atom stereocenters. The monoisotopic (exact) mass is 332 g/mol. The molecule has 0 heterocycles. The number of anilines is 1. The third-order valence-corrected chi connectivity index (χ3v) is 3.85.